The molecule has 1 heterocycles. The van der Waals surface area contributed by atoms with Gasteiger partial charge in [-0.15, -0.1) is 0 Å². The molecule has 0 atom stereocenters. The second-order valence-corrected chi connectivity index (χ2v) is 6.44. The molecule has 0 unspecified atom stereocenters. The molecule has 0 aliphatic carbocycles. The highest BCUT2D eigenvalue weighted by molar-refractivity contribution is 5.97. The van der Waals surface area contributed by atoms with Crippen LogP contribution in [0.25, 0.3) is 0 Å². The van der Waals surface area contributed by atoms with E-state index in [9.17, 15) is 10.1 Å². The fraction of sp³-hybridized carbons (Fsp3) is 0.273. The number of nitrogens with one attached hydrogen (secondary N) is 2. The first-order valence-corrected chi connectivity index (χ1v) is 9.30. The molecule has 0 fully saturated rings. The predicted octanol–water partition coefficient (Wildman–Crippen LogP) is 3.05. The van der Waals surface area contributed by atoms with Gasteiger partial charge in [0.25, 0.3) is 5.91 Å². The van der Waals surface area contributed by atoms with Crippen LogP contribution in [0, 0.1) is 11.3 Å². The highest BCUT2D eigenvalue weighted by atomic mass is 16.7. The molecule has 1 aliphatic rings. The molecule has 1 aliphatic heterocycles. The Bertz CT molecular complexity index is 872. The summed E-state index contributed by atoms with van der Waals surface area (Å²) in [5.41, 5.74) is 2.26. The van der Waals surface area contributed by atoms with E-state index in [4.69, 9.17) is 9.47 Å². The summed E-state index contributed by atoms with van der Waals surface area (Å²) in [5, 5.41) is 15.0. The first-order chi connectivity index (χ1) is 13.8. The van der Waals surface area contributed by atoms with E-state index in [2.05, 4.69) is 22.8 Å². The fourth-order valence-electron chi connectivity index (χ4n) is 2.85. The number of carbonyl (C=O) groups is 1. The Hall–Kier alpha value is -3.46. The third-order valence-corrected chi connectivity index (χ3v) is 4.38. The van der Waals surface area contributed by atoms with Crippen molar-refractivity contribution in [1.29, 1.82) is 5.26 Å². The van der Waals surface area contributed by atoms with Gasteiger partial charge in [-0.1, -0.05) is 36.4 Å². The molecule has 0 radical (unpaired) electrons. The first kappa shape index (κ1) is 19.3. The summed E-state index contributed by atoms with van der Waals surface area (Å²) < 4.78 is 10.6. The number of ether oxygens (including phenoxy) is 2. The van der Waals surface area contributed by atoms with Crippen molar-refractivity contribution in [3.63, 3.8) is 0 Å². The van der Waals surface area contributed by atoms with Crippen molar-refractivity contribution in [1.82, 2.24) is 10.6 Å². The molecule has 2 aromatic carbocycles. The number of amides is 1. The quantitative estimate of drug-likeness (QED) is 0.399. The Morgan fingerprint density at radius 2 is 1.89 bits per heavy atom. The minimum absolute atomic E-state index is 0.0591. The zero-order chi connectivity index (χ0) is 19.6. The maximum absolute atomic E-state index is 12.2. The Kier molecular flexibility index (Phi) is 6.91. The number of carbonyl (C=O) groups excluding carboxylic acids is 1. The summed E-state index contributed by atoms with van der Waals surface area (Å²) in [7, 11) is 0. The third-order valence-electron chi connectivity index (χ3n) is 4.38. The van der Waals surface area contributed by atoms with E-state index in [1.807, 2.05) is 42.5 Å². The van der Waals surface area contributed by atoms with E-state index < -0.39 is 5.91 Å². The lowest BCUT2D eigenvalue weighted by molar-refractivity contribution is -0.117. The van der Waals surface area contributed by atoms with Crippen molar-refractivity contribution in [2.45, 2.75) is 25.8 Å². The van der Waals surface area contributed by atoms with Gasteiger partial charge in [0.15, 0.2) is 11.5 Å². The topological polar surface area (TPSA) is 83.4 Å². The lowest BCUT2D eigenvalue weighted by atomic mass is 10.1. The van der Waals surface area contributed by atoms with Gasteiger partial charge in [0.2, 0.25) is 6.79 Å². The van der Waals surface area contributed by atoms with Crippen LogP contribution < -0.4 is 20.1 Å². The fourth-order valence-corrected chi connectivity index (χ4v) is 2.85. The van der Waals surface area contributed by atoms with Crippen molar-refractivity contribution >= 4 is 5.91 Å². The van der Waals surface area contributed by atoms with Crippen LogP contribution in [0.4, 0.5) is 0 Å². The number of aryl methyl sites for hydroxylation is 1. The van der Waals surface area contributed by atoms with E-state index in [1.165, 1.54) is 11.8 Å². The maximum Gasteiger partial charge on any atom is 0.263 e. The lowest BCUT2D eigenvalue weighted by Crippen LogP contribution is -2.25. The number of unbranched alkanes of at least 4 members (excludes halogenated alkanes) is 1. The molecule has 2 N–H and O–H groups in total. The molecule has 0 aromatic heterocycles. The van der Waals surface area contributed by atoms with Gasteiger partial charge in [-0.05, 0) is 42.5 Å². The van der Waals surface area contributed by atoms with Crippen LogP contribution in [0.2, 0.25) is 0 Å². The van der Waals surface area contributed by atoms with Crippen molar-refractivity contribution in [2.75, 3.05) is 13.3 Å². The van der Waals surface area contributed by atoms with Gasteiger partial charge in [-0.3, -0.25) is 4.79 Å². The molecule has 0 spiro atoms. The minimum atomic E-state index is -0.406. The Morgan fingerprint density at radius 1 is 1.07 bits per heavy atom. The Balaban J connectivity index is 1.38. The van der Waals surface area contributed by atoms with Crippen molar-refractivity contribution in [2.24, 2.45) is 0 Å². The average molecular weight is 377 g/mol. The molecule has 0 saturated carbocycles. The molecule has 28 heavy (non-hydrogen) atoms. The van der Waals surface area contributed by atoms with Crippen molar-refractivity contribution < 1.29 is 14.3 Å². The molecule has 144 valence electrons. The number of rotatable bonds is 9. The van der Waals surface area contributed by atoms with Crippen LogP contribution in [0.15, 0.2) is 60.3 Å². The number of nitriles is 1. The zero-order valence-electron chi connectivity index (χ0n) is 15.6. The molecule has 0 saturated heterocycles. The number of hydrogen-bond donors (Lipinski definition) is 2. The highest BCUT2D eigenvalue weighted by Gasteiger charge is 2.14. The number of nitrogens with zero attached hydrogens (tertiary/aromatic N) is 1. The summed E-state index contributed by atoms with van der Waals surface area (Å²) >= 11 is 0. The maximum atomic E-state index is 12.2. The van der Waals surface area contributed by atoms with E-state index in [-0.39, 0.29) is 12.4 Å². The van der Waals surface area contributed by atoms with Crippen molar-refractivity contribution in [3.05, 3.63) is 71.4 Å². The van der Waals surface area contributed by atoms with Gasteiger partial charge in [0.1, 0.15) is 11.6 Å². The van der Waals surface area contributed by atoms with Crippen LogP contribution in [-0.4, -0.2) is 19.2 Å². The predicted molar refractivity (Wildman–Crippen MR) is 105 cm³/mol. The molecular formula is C22H23N3O3. The third kappa shape index (κ3) is 5.52. The van der Waals surface area contributed by atoms with Crippen LogP contribution in [-0.2, 0) is 17.8 Å². The molecule has 2 aromatic rings. The summed E-state index contributed by atoms with van der Waals surface area (Å²) in [4.78, 5) is 12.2. The number of hydrogen-bond acceptors (Lipinski definition) is 5. The van der Waals surface area contributed by atoms with Crippen LogP contribution in [0.5, 0.6) is 11.5 Å². The standard InChI is InChI=1S/C22H23N3O3/c23-13-19(15-24-11-5-4-8-17-6-2-1-3-7-17)22(26)25-14-18-9-10-20-21(12-18)28-16-27-20/h1-3,6-7,9-10,12,15,24H,4-5,8,11,14,16H2,(H,25,26)/b19-15-. The summed E-state index contributed by atoms with van der Waals surface area (Å²) in [5.74, 6) is 0.959. The molecule has 1 amide bonds. The second kappa shape index (κ2) is 10.0. The Morgan fingerprint density at radius 3 is 2.71 bits per heavy atom. The van der Waals surface area contributed by atoms with E-state index in [0.717, 1.165) is 24.8 Å². The summed E-state index contributed by atoms with van der Waals surface area (Å²) in [6.07, 6.45) is 4.51. The second-order valence-electron chi connectivity index (χ2n) is 6.44. The molecular weight excluding hydrogens is 354 g/mol. The van der Waals surface area contributed by atoms with Crippen LogP contribution >= 0.6 is 0 Å². The van der Waals surface area contributed by atoms with Gasteiger partial charge in [-0.2, -0.15) is 5.26 Å². The average Bonchev–Trinajstić information content (AvgIpc) is 3.20. The number of fused-ring (bicyclic) bond motifs is 1. The van der Waals surface area contributed by atoms with Gasteiger partial charge in [0, 0.05) is 19.3 Å². The summed E-state index contributed by atoms with van der Waals surface area (Å²) in [6.45, 7) is 1.24. The van der Waals surface area contributed by atoms with Crippen LogP contribution in [0.1, 0.15) is 24.0 Å². The molecule has 3 rings (SSSR count). The SMILES string of the molecule is N#C/C(=C/NCCCCc1ccccc1)C(=O)NCc1ccc2c(c1)OCO2. The monoisotopic (exact) mass is 377 g/mol. The van der Waals surface area contributed by atoms with Gasteiger partial charge in [0.05, 0.1) is 0 Å². The largest absolute Gasteiger partial charge is 0.454 e. The van der Waals surface area contributed by atoms with Crippen molar-refractivity contribution in [3.8, 4) is 17.6 Å². The molecule has 6 heteroatoms. The van der Waals surface area contributed by atoms with Gasteiger partial charge in [-0.25, -0.2) is 0 Å². The first-order valence-electron chi connectivity index (χ1n) is 9.30. The van der Waals surface area contributed by atoms with E-state index in [1.54, 1.807) is 0 Å². The smallest absolute Gasteiger partial charge is 0.263 e. The van der Waals surface area contributed by atoms with Gasteiger partial charge < -0.3 is 20.1 Å². The Labute approximate surface area is 164 Å². The molecule has 0 bridgehead atoms. The van der Waals surface area contributed by atoms with Gasteiger partial charge >= 0.3 is 0 Å². The normalized spacial score (nSPS) is 12.3. The van der Waals surface area contributed by atoms with E-state index >= 15 is 0 Å². The minimum Gasteiger partial charge on any atom is -0.454 e. The van der Waals surface area contributed by atoms with Crippen LogP contribution in [0.3, 0.4) is 0 Å². The highest BCUT2D eigenvalue weighted by Crippen LogP contribution is 2.32. The number of benzene rings is 2. The van der Waals surface area contributed by atoms with E-state index in [0.29, 0.717) is 24.6 Å². The lowest BCUT2D eigenvalue weighted by Gasteiger charge is -2.06. The zero-order valence-corrected chi connectivity index (χ0v) is 15.6. The summed E-state index contributed by atoms with van der Waals surface area (Å²) in [6, 6.07) is 17.7. The molecule has 6 nitrogen and oxygen atoms in total.